The molecule has 0 amide bonds. The fourth-order valence-electron chi connectivity index (χ4n) is 2.88. The number of rotatable bonds is 5. The van der Waals surface area contributed by atoms with E-state index < -0.39 is 0 Å². The van der Waals surface area contributed by atoms with Crippen molar-refractivity contribution < 1.29 is 4.52 Å². The molecule has 2 heterocycles. The quantitative estimate of drug-likeness (QED) is 0.914. The molecule has 6 heteroatoms. The molecule has 0 saturated carbocycles. The summed E-state index contributed by atoms with van der Waals surface area (Å²) in [4.78, 5) is 6.86. The van der Waals surface area contributed by atoms with E-state index in [9.17, 15) is 0 Å². The summed E-state index contributed by atoms with van der Waals surface area (Å²) >= 11 is 0. The van der Waals surface area contributed by atoms with Crippen molar-refractivity contribution in [1.29, 1.82) is 0 Å². The summed E-state index contributed by atoms with van der Waals surface area (Å²) in [5, 5.41) is 4.08. The van der Waals surface area contributed by atoms with Gasteiger partial charge in [0.05, 0.1) is 6.54 Å². The Bertz CT molecular complexity index is 560. The molecule has 5 nitrogen and oxygen atoms in total. The number of aromatic nitrogens is 2. The lowest BCUT2D eigenvalue weighted by Crippen LogP contribution is -2.37. The van der Waals surface area contributed by atoms with Crippen LogP contribution >= 0.6 is 12.4 Å². The molecular weight excluding hydrogens is 300 g/mol. The van der Waals surface area contributed by atoms with Crippen molar-refractivity contribution in [2.75, 3.05) is 19.6 Å². The van der Waals surface area contributed by atoms with Crippen LogP contribution in [-0.2, 0) is 13.0 Å². The first-order valence-electron chi connectivity index (χ1n) is 7.61. The van der Waals surface area contributed by atoms with Crippen molar-refractivity contribution >= 4 is 12.4 Å². The largest absolute Gasteiger partial charge is 0.338 e. The molecule has 120 valence electrons. The first kappa shape index (κ1) is 16.9. The number of benzene rings is 1. The van der Waals surface area contributed by atoms with Gasteiger partial charge in [-0.2, -0.15) is 4.98 Å². The van der Waals surface area contributed by atoms with Crippen molar-refractivity contribution in [3.05, 3.63) is 47.6 Å². The summed E-state index contributed by atoms with van der Waals surface area (Å²) in [6, 6.07) is 10.2. The van der Waals surface area contributed by atoms with Gasteiger partial charge in [-0.05, 0) is 37.4 Å². The average molecular weight is 323 g/mol. The minimum atomic E-state index is 0. The molecule has 1 unspecified atom stereocenters. The zero-order chi connectivity index (χ0) is 14.5. The minimum absolute atomic E-state index is 0. The second-order valence-electron chi connectivity index (χ2n) is 5.75. The van der Waals surface area contributed by atoms with Crippen molar-refractivity contribution in [3.63, 3.8) is 0 Å². The van der Waals surface area contributed by atoms with Gasteiger partial charge in [-0.15, -0.1) is 12.4 Å². The monoisotopic (exact) mass is 322 g/mol. The Kier molecular flexibility index (Phi) is 6.36. The Morgan fingerprint density at radius 1 is 1.27 bits per heavy atom. The Labute approximate surface area is 137 Å². The van der Waals surface area contributed by atoms with Crippen LogP contribution in [0.3, 0.4) is 0 Å². The molecule has 1 atom stereocenters. The highest BCUT2D eigenvalue weighted by atomic mass is 35.5. The molecule has 0 aliphatic carbocycles. The maximum Gasteiger partial charge on any atom is 0.240 e. The fraction of sp³-hybridized carbons (Fsp3) is 0.500. The molecule has 1 aromatic carbocycles. The third kappa shape index (κ3) is 4.53. The van der Waals surface area contributed by atoms with Crippen molar-refractivity contribution in [3.8, 4) is 0 Å². The van der Waals surface area contributed by atoms with Gasteiger partial charge in [-0.25, -0.2) is 0 Å². The zero-order valence-corrected chi connectivity index (χ0v) is 13.5. The van der Waals surface area contributed by atoms with E-state index in [2.05, 4.69) is 27.2 Å². The van der Waals surface area contributed by atoms with E-state index in [0.717, 1.165) is 38.4 Å². The van der Waals surface area contributed by atoms with Crippen LogP contribution in [0, 0.1) is 5.92 Å². The van der Waals surface area contributed by atoms with Gasteiger partial charge >= 0.3 is 0 Å². The molecule has 2 aromatic rings. The van der Waals surface area contributed by atoms with Gasteiger partial charge in [0.1, 0.15) is 0 Å². The molecule has 1 saturated heterocycles. The smallest absolute Gasteiger partial charge is 0.240 e. The second kappa shape index (κ2) is 8.27. The lowest BCUT2D eigenvalue weighted by Gasteiger charge is -2.30. The van der Waals surface area contributed by atoms with E-state index in [1.165, 1.54) is 18.4 Å². The van der Waals surface area contributed by atoms with Gasteiger partial charge in [0.15, 0.2) is 5.82 Å². The highest BCUT2D eigenvalue weighted by molar-refractivity contribution is 5.85. The van der Waals surface area contributed by atoms with E-state index >= 15 is 0 Å². The first-order valence-corrected chi connectivity index (χ1v) is 7.61. The van der Waals surface area contributed by atoms with Gasteiger partial charge in [0.25, 0.3) is 0 Å². The standard InChI is InChI=1S/C16H22N4O.ClH/c17-10-14-7-4-8-20(11-14)12-16-18-15(19-21-16)9-13-5-2-1-3-6-13;/h1-3,5-6,14H,4,7-12,17H2;1H. The van der Waals surface area contributed by atoms with Crippen LogP contribution in [0.1, 0.15) is 30.1 Å². The number of likely N-dealkylation sites (tertiary alicyclic amines) is 1. The number of hydrogen-bond donors (Lipinski definition) is 1. The maximum absolute atomic E-state index is 5.77. The molecule has 1 aromatic heterocycles. The molecule has 3 rings (SSSR count). The number of piperidine rings is 1. The summed E-state index contributed by atoms with van der Waals surface area (Å²) in [7, 11) is 0. The Morgan fingerprint density at radius 2 is 2.09 bits per heavy atom. The number of nitrogens with two attached hydrogens (primary N) is 1. The topological polar surface area (TPSA) is 68.2 Å². The van der Waals surface area contributed by atoms with E-state index in [-0.39, 0.29) is 12.4 Å². The number of hydrogen-bond acceptors (Lipinski definition) is 5. The Morgan fingerprint density at radius 3 is 2.86 bits per heavy atom. The van der Waals surface area contributed by atoms with Gasteiger partial charge in [0, 0.05) is 13.0 Å². The summed E-state index contributed by atoms with van der Waals surface area (Å²) < 4.78 is 5.37. The predicted octanol–water partition coefficient (Wildman–Crippen LogP) is 2.25. The molecule has 1 fully saturated rings. The zero-order valence-electron chi connectivity index (χ0n) is 12.6. The van der Waals surface area contributed by atoms with Gasteiger partial charge in [-0.3, -0.25) is 4.90 Å². The van der Waals surface area contributed by atoms with Gasteiger partial charge in [0.2, 0.25) is 5.89 Å². The van der Waals surface area contributed by atoms with Crippen LogP contribution in [0.2, 0.25) is 0 Å². The Balaban J connectivity index is 0.00000176. The maximum atomic E-state index is 5.77. The first-order chi connectivity index (χ1) is 10.3. The Hall–Kier alpha value is -1.43. The van der Waals surface area contributed by atoms with Crippen molar-refractivity contribution in [2.24, 2.45) is 11.7 Å². The molecule has 0 spiro atoms. The van der Waals surface area contributed by atoms with Gasteiger partial charge < -0.3 is 10.3 Å². The summed E-state index contributed by atoms with van der Waals surface area (Å²) in [5.41, 5.74) is 6.97. The van der Waals surface area contributed by atoms with E-state index in [1.54, 1.807) is 0 Å². The second-order valence-corrected chi connectivity index (χ2v) is 5.75. The minimum Gasteiger partial charge on any atom is -0.338 e. The number of halogens is 1. The molecule has 2 N–H and O–H groups in total. The molecule has 1 aliphatic rings. The van der Waals surface area contributed by atoms with Crippen LogP contribution < -0.4 is 5.73 Å². The van der Waals surface area contributed by atoms with Crippen LogP contribution in [0.25, 0.3) is 0 Å². The predicted molar refractivity (Wildman–Crippen MR) is 87.8 cm³/mol. The average Bonchev–Trinajstić information content (AvgIpc) is 2.95. The SMILES string of the molecule is Cl.NCC1CCCN(Cc2nc(Cc3ccccc3)no2)C1. The highest BCUT2D eigenvalue weighted by Crippen LogP contribution is 2.17. The molecule has 22 heavy (non-hydrogen) atoms. The van der Waals surface area contributed by atoms with Crippen LogP contribution in [-0.4, -0.2) is 34.7 Å². The normalized spacial score (nSPS) is 18.9. The lowest BCUT2D eigenvalue weighted by molar-refractivity contribution is 0.153. The fourth-order valence-corrected chi connectivity index (χ4v) is 2.88. The van der Waals surface area contributed by atoms with E-state index in [0.29, 0.717) is 11.8 Å². The summed E-state index contributed by atoms with van der Waals surface area (Å²) in [5.74, 6) is 2.06. The summed E-state index contributed by atoms with van der Waals surface area (Å²) in [6.45, 7) is 3.62. The van der Waals surface area contributed by atoms with Crippen molar-refractivity contribution in [2.45, 2.75) is 25.8 Å². The van der Waals surface area contributed by atoms with E-state index in [1.807, 2.05) is 18.2 Å². The molecule has 1 aliphatic heterocycles. The number of nitrogens with zero attached hydrogens (tertiary/aromatic N) is 3. The highest BCUT2D eigenvalue weighted by Gasteiger charge is 2.20. The molecular formula is C16H23ClN4O. The van der Waals surface area contributed by atoms with Crippen LogP contribution in [0.15, 0.2) is 34.9 Å². The third-order valence-corrected chi connectivity index (χ3v) is 4.01. The molecule has 0 radical (unpaired) electrons. The third-order valence-electron chi connectivity index (χ3n) is 4.01. The van der Waals surface area contributed by atoms with Crippen molar-refractivity contribution in [1.82, 2.24) is 15.0 Å². The van der Waals surface area contributed by atoms with Gasteiger partial charge in [-0.1, -0.05) is 35.5 Å². The summed E-state index contributed by atoms with van der Waals surface area (Å²) in [6.07, 6.45) is 3.15. The van der Waals surface area contributed by atoms with Crippen LogP contribution in [0.4, 0.5) is 0 Å². The van der Waals surface area contributed by atoms with Crippen LogP contribution in [0.5, 0.6) is 0 Å². The lowest BCUT2D eigenvalue weighted by atomic mass is 9.98. The molecule has 0 bridgehead atoms. The van der Waals surface area contributed by atoms with E-state index in [4.69, 9.17) is 10.3 Å².